The van der Waals surface area contributed by atoms with Gasteiger partial charge in [-0.15, -0.1) is 5.10 Å². The molecular formula is C10H16N4O3. The third-order valence-corrected chi connectivity index (χ3v) is 2.93. The van der Waals surface area contributed by atoms with Crippen molar-refractivity contribution in [3.63, 3.8) is 0 Å². The quantitative estimate of drug-likeness (QED) is 0.700. The summed E-state index contributed by atoms with van der Waals surface area (Å²) in [4.78, 5) is 11.8. The van der Waals surface area contributed by atoms with E-state index in [0.29, 0.717) is 26.1 Å². The van der Waals surface area contributed by atoms with Gasteiger partial charge in [0.2, 0.25) is 5.91 Å². The van der Waals surface area contributed by atoms with E-state index in [4.69, 9.17) is 4.74 Å². The van der Waals surface area contributed by atoms with Crippen LogP contribution >= 0.6 is 0 Å². The monoisotopic (exact) mass is 240 g/mol. The lowest BCUT2D eigenvalue weighted by Gasteiger charge is -2.36. The lowest BCUT2D eigenvalue weighted by molar-refractivity contribution is -0.126. The SMILES string of the molecule is O=C(Cn1ccnn1)NC1(CO)CCOCC1. The Bertz CT molecular complexity index is 360. The minimum absolute atomic E-state index is 0.0700. The Morgan fingerprint density at radius 3 is 2.88 bits per heavy atom. The summed E-state index contributed by atoms with van der Waals surface area (Å²) in [7, 11) is 0. The largest absolute Gasteiger partial charge is 0.394 e. The zero-order valence-electron chi connectivity index (χ0n) is 9.50. The number of carbonyl (C=O) groups excluding carboxylic acids is 1. The zero-order chi connectivity index (χ0) is 12.1. The van der Waals surface area contributed by atoms with Gasteiger partial charge in [-0.25, -0.2) is 4.68 Å². The van der Waals surface area contributed by atoms with Crippen LogP contribution in [0, 0.1) is 0 Å². The molecule has 1 aromatic rings. The topological polar surface area (TPSA) is 89.3 Å². The summed E-state index contributed by atoms with van der Waals surface area (Å²) in [5.41, 5.74) is -0.546. The van der Waals surface area contributed by atoms with Gasteiger partial charge in [0, 0.05) is 19.4 Å². The average Bonchev–Trinajstić information content (AvgIpc) is 2.83. The second kappa shape index (κ2) is 5.24. The summed E-state index contributed by atoms with van der Waals surface area (Å²) in [6.07, 6.45) is 4.40. The van der Waals surface area contributed by atoms with Crippen molar-refractivity contribution in [1.82, 2.24) is 20.3 Å². The average molecular weight is 240 g/mol. The van der Waals surface area contributed by atoms with E-state index in [-0.39, 0.29) is 19.1 Å². The Kier molecular flexibility index (Phi) is 3.70. The molecule has 0 saturated carbocycles. The standard InChI is InChI=1S/C10H16N4O3/c15-8-10(1-5-17-6-2-10)12-9(16)7-14-4-3-11-13-14/h3-4,15H,1-2,5-8H2,(H,12,16). The first-order chi connectivity index (χ1) is 8.24. The second-order valence-electron chi connectivity index (χ2n) is 4.20. The maximum Gasteiger partial charge on any atom is 0.242 e. The first-order valence-electron chi connectivity index (χ1n) is 5.58. The highest BCUT2D eigenvalue weighted by Crippen LogP contribution is 2.19. The van der Waals surface area contributed by atoms with Gasteiger partial charge < -0.3 is 15.2 Å². The van der Waals surface area contributed by atoms with Gasteiger partial charge in [0.05, 0.1) is 18.3 Å². The fourth-order valence-electron chi connectivity index (χ4n) is 1.88. The molecule has 1 fully saturated rings. The minimum atomic E-state index is -0.546. The van der Waals surface area contributed by atoms with E-state index in [9.17, 15) is 9.90 Å². The number of hydrogen-bond acceptors (Lipinski definition) is 5. The molecule has 0 aromatic carbocycles. The maximum absolute atomic E-state index is 11.8. The molecule has 0 radical (unpaired) electrons. The number of amides is 1. The Hall–Kier alpha value is -1.47. The third kappa shape index (κ3) is 3.01. The summed E-state index contributed by atoms with van der Waals surface area (Å²) in [5.74, 6) is -0.175. The molecule has 0 bridgehead atoms. The summed E-state index contributed by atoms with van der Waals surface area (Å²) < 4.78 is 6.67. The van der Waals surface area contributed by atoms with Gasteiger partial charge in [-0.2, -0.15) is 0 Å². The lowest BCUT2D eigenvalue weighted by Crippen LogP contribution is -2.55. The molecule has 1 amide bonds. The molecule has 2 N–H and O–H groups in total. The van der Waals surface area contributed by atoms with Crippen molar-refractivity contribution in [2.24, 2.45) is 0 Å². The van der Waals surface area contributed by atoms with Crippen LogP contribution in [0.3, 0.4) is 0 Å². The van der Waals surface area contributed by atoms with Gasteiger partial charge >= 0.3 is 0 Å². The Balaban J connectivity index is 1.91. The molecule has 2 heterocycles. The molecule has 1 saturated heterocycles. The second-order valence-corrected chi connectivity index (χ2v) is 4.20. The van der Waals surface area contributed by atoms with Gasteiger partial charge in [0.15, 0.2) is 0 Å². The molecule has 0 aliphatic carbocycles. The minimum Gasteiger partial charge on any atom is -0.394 e. The number of rotatable bonds is 4. The summed E-state index contributed by atoms with van der Waals surface area (Å²) in [6, 6.07) is 0. The Morgan fingerprint density at radius 1 is 1.53 bits per heavy atom. The van der Waals surface area contributed by atoms with Crippen LogP contribution in [0.1, 0.15) is 12.8 Å². The number of aliphatic hydroxyl groups is 1. The molecule has 7 heteroatoms. The fourth-order valence-corrected chi connectivity index (χ4v) is 1.88. The van der Waals surface area contributed by atoms with Crippen LogP contribution in [0.25, 0.3) is 0 Å². The van der Waals surface area contributed by atoms with Crippen molar-refractivity contribution in [3.8, 4) is 0 Å². The molecule has 7 nitrogen and oxygen atoms in total. The van der Waals surface area contributed by atoms with E-state index in [1.54, 1.807) is 6.20 Å². The molecule has 94 valence electrons. The van der Waals surface area contributed by atoms with E-state index >= 15 is 0 Å². The van der Waals surface area contributed by atoms with Crippen LogP contribution in [-0.2, 0) is 16.1 Å². The first kappa shape index (κ1) is 12.0. The van der Waals surface area contributed by atoms with Gasteiger partial charge in [-0.1, -0.05) is 5.21 Å². The molecular weight excluding hydrogens is 224 g/mol. The molecule has 1 aromatic heterocycles. The smallest absolute Gasteiger partial charge is 0.242 e. The number of aliphatic hydroxyl groups excluding tert-OH is 1. The van der Waals surface area contributed by atoms with Crippen LogP contribution in [-0.4, -0.2) is 51.4 Å². The number of carbonyl (C=O) groups is 1. The molecule has 0 atom stereocenters. The highest BCUT2D eigenvalue weighted by Gasteiger charge is 2.33. The predicted molar refractivity (Wildman–Crippen MR) is 58.0 cm³/mol. The molecule has 2 rings (SSSR count). The highest BCUT2D eigenvalue weighted by atomic mass is 16.5. The third-order valence-electron chi connectivity index (χ3n) is 2.93. The number of nitrogens with one attached hydrogen (secondary N) is 1. The summed E-state index contributed by atoms with van der Waals surface area (Å²) >= 11 is 0. The summed E-state index contributed by atoms with van der Waals surface area (Å²) in [6.45, 7) is 1.16. The van der Waals surface area contributed by atoms with Crippen molar-refractivity contribution in [3.05, 3.63) is 12.4 Å². The fraction of sp³-hybridized carbons (Fsp3) is 0.700. The van der Waals surface area contributed by atoms with E-state index in [1.807, 2.05) is 0 Å². The number of hydrogen-bond donors (Lipinski definition) is 2. The van der Waals surface area contributed by atoms with E-state index in [2.05, 4.69) is 15.6 Å². The normalized spacial score (nSPS) is 18.9. The van der Waals surface area contributed by atoms with E-state index in [0.717, 1.165) is 0 Å². The first-order valence-corrected chi connectivity index (χ1v) is 5.58. The molecule has 1 aliphatic rings. The Labute approximate surface area is 98.8 Å². The van der Waals surface area contributed by atoms with Crippen molar-refractivity contribution >= 4 is 5.91 Å². The molecule has 0 spiro atoms. The van der Waals surface area contributed by atoms with Crippen LogP contribution in [0.2, 0.25) is 0 Å². The van der Waals surface area contributed by atoms with E-state index in [1.165, 1.54) is 10.9 Å². The van der Waals surface area contributed by atoms with E-state index < -0.39 is 5.54 Å². The number of ether oxygens (including phenoxy) is 1. The van der Waals surface area contributed by atoms with Crippen molar-refractivity contribution < 1.29 is 14.6 Å². The Morgan fingerprint density at radius 2 is 2.29 bits per heavy atom. The molecule has 0 unspecified atom stereocenters. The van der Waals surface area contributed by atoms with Gasteiger partial charge in [0.1, 0.15) is 6.54 Å². The van der Waals surface area contributed by atoms with Crippen molar-refractivity contribution in [1.29, 1.82) is 0 Å². The summed E-state index contributed by atoms with van der Waals surface area (Å²) in [5, 5.41) is 19.6. The van der Waals surface area contributed by atoms with Crippen LogP contribution in [0.15, 0.2) is 12.4 Å². The predicted octanol–water partition coefficient (Wildman–Crippen LogP) is -1.06. The maximum atomic E-state index is 11.8. The van der Waals surface area contributed by atoms with Crippen LogP contribution in [0.5, 0.6) is 0 Å². The molecule has 17 heavy (non-hydrogen) atoms. The number of aromatic nitrogens is 3. The van der Waals surface area contributed by atoms with Gasteiger partial charge in [0.25, 0.3) is 0 Å². The molecule has 1 aliphatic heterocycles. The van der Waals surface area contributed by atoms with Crippen LogP contribution < -0.4 is 5.32 Å². The highest BCUT2D eigenvalue weighted by molar-refractivity contribution is 5.76. The zero-order valence-corrected chi connectivity index (χ0v) is 9.50. The van der Waals surface area contributed by atoms with Crippen molar-refractivity contribution in [2.45, 2.75) is 24.9 Å². The lowest BCUT2D eigenvalue weighted by atomic mass is 9.91. The number of nitrogens with zero attached hydrogens (tertiary/aromatic N) is 3. The van der Waals surface area contributed by atoms with Gasteiger partial charge in [-0.3, -0.25) is 4.79 Å². The van der Waals surface area contributed by atoms with Crippen molar-refractivity contribution in [2.75, 3.05) is 19.8 Å². The van der Waals surface area contributed by atoms with Gasteiger partial charge in [-0.05, 0) is 12.8 Å². The van der Waals surface area contributed by atoms with Crippen LogP contribution in [0.4, 0.5) is 0 Å².